The predicted molar refractivity (Wildman–Crippen MR) is 133 cm³/mol. The lowest BCUT2D eigenvalue weighted by Gasteiger charge is -2.19. The molecule has 8 heteroatoms. The summed E-state index contributed by atoms with van der Waals surface area (Å²) in [6.45, 7) is 8.79. The highest BCUT2D eigenvalue weighted by molar-refractivity contribution is 14.0. The van der Waals surface area contributed by atoms with Gasteiger partial charge in [-0.2, -0.15) is 0 Å². The summed E-state index contributed by atoms with van der Waals surface area (Å²) in [7, 11) is 1.71. The Morgan fingerprint density at radius 1 is 1.38 bits per heavy atom. The Kier molecular flexibility index (Phi) is 9.99. The molecule has 1 aromatic carbocycles. The van der Waals surface area contributed by atoms with Crippen LogP contribution >= 0.6 is 35.3 Å². The second-order valence-corrected chi connectivity index (χ2v) is 8.12. The van der Waals surface area contributed by atoms with Crippen molar-refractivity contribution in [1.29, 1.82) is 0 Å². The maximum Gasteiger partial charge on any atom is 0.191 e. The van der Waals surface area contributed by atoms with Crippen LogP contribution in [-0.4, -0.2) is 50.8 Å². The highest BCUT2D eigenvalue weighted by Crippen LogP contribution is 2.26. The van der Waals surface area contributed by atoms with Gasteiger partial charge in [-0.15, -0.1) is 35.3 Å². The van der Waals surface area contributed by atoms with Crippen LogP contribution in [0.1, 0.15) is 24.0 Å². The highest BCUT2D eigenvalue weighted by Gasteiger charge is 2.22. The average molecular weight is 529 g/mol. The molecule has 3 rings (SSSR count). The summed E-state index contributed by atoms with van der Waals surface area (Å²) < 4.78 is 5.35. The lowest BCUT2D eigenvalue weighted by molar-refractivity contribution is 0.415. The van der Waals surface area contributed by atoms with Gasteiger partial charge in [-0.1, -0.05) is 6.07 Å². The number of hydrogen-bond acceptors (Lipinski definition) is 5. The van der Waals surface area contributed by atoms with Gasteiger partial charge in [0, 0.05) is 56.3 Å². The number of benzene rings is 1. The quantitative estimate of drug-likeness (QED) is 0.310. The molecule has 1 aliphatic rings. The van der Waals surface area contributed by atoms with Crippen LogP contribution in [-0.2, 0) is 6.42 Å². The zero-order chi connectivity index (χ0) is 19.8. The standard InChI is InChI=1S/C21H31N5OS.HI/c1-4-22-21(23-10-8-18-15-28-16(2)25-18)24-13-17-9-11-26(14-17)19-6-5-7-20(12-19)27-3;/h5-7,12,15,17H,4,8-11,13-14H2,1-3H3,(H2,22,23,24);1H. The molecule has 1 aromatic heterocycles. The molecule has 1 atom stereocenters. The zero-order valence-corrected chi connectivity index (χ0v) is 20.6. The van der Waals surface area contributed by atoms with Crippen molar-refractivity contribution in [2.75, 3.05) is 44.7 Å². The number of hydrogen-bond donors (Lipinski definition) is 2. The average Bonchev–Trinajstić information content (AvgIpc) is 3.35. The predicted octanol–water partition coefficient (Wildman–Crippen LogP) is 3.70. The topological polar surface area (TPSA) is 61.8 Å². The summed E-state index contributed by atoms with van der Waals surface area (Å²) in [6.07, 6.45) is 2.08. The largest absolute Gasteiger partial charge is 0.497 e. The number of methoxy groups -OCH3 is 1. The summed E-state index contributed by atoms with van der Waals surface area (Å²) in [4.78, 5) is 11.8. The van der Waals surface area contributed by atoms with E-state index >= 15 is 0 Å². The van der Waals surface area contributed by atoms with Gasteiger partial charge in [0.1, 0.15) is 5.75 Å². The van der Waals surface area contributed by atoms with E-state index in [0.29, 0.717) is 5.92 Å². The molecule has 0 spiro atoms. The van der Waals surface area contributed by atoms with E-state index in [-0.39, 0.29) is 24.0 Å². The van der Waals surface area contributed by atoms with Gasteiger partial charge in [0.15, 0.2) is 5.96 Å². The molecule has 29 heavy (non-hydrogen) atoms. The molecular formula is C21H32IN5OS. The number of nitrogens with zero attached hydrogens (tertiary/aromatic N) is 3. The Morgan fingerprint density at radius 2 is 2.24 bits per heavy atom. The number of aryl methyl sites for hydroxylation is 1. The molecule has 160 valence electrons. The zero-order valence-electron chi connectivity index (χ0n) is 17.5. The number of rotatable bonds is 8. The third kappa shape index (κ3) is 7.33. The van der Waals surface area contributed by atoms with Crippen LogP contribution in [0.4, 0.5) is 5.69 Å². The van der Waals surface area contributed by atoms with Gasteiger partial charge in [0.25, 0.3) is 0 Å². The first kappa shape index (κ1) is 23.7. The minimum Gasteiger partial charge on any atom is -0.497 e. The number of thiazole rings is 1. The SMILES string of the molecule is CCNC(=NCC1CCN(c2cccc(OC)c2)C1)NCCc1csc(C)n1.I. The van der Waals surface area contributed by atoms with E-state index in [1.165, 1.54) is 5.69 Å². The van der Waals surface area contributed by atoms with Crippen molar-refractivity contribution < 1.29 is 4.74 Å². The van der Waals surface area contributed by atoms with E-state index in [9.17, 15) is 0 Å². The Bertz CT molecular complexity index is 782. The fourth-order valence-electron chi connectivity index (χ4n) is 3.42. The highest BCUT2D eigenvalue weighted by atomic mass is 127. The summed E-state index contributed by atoms with van der Waals surface area (Å²) >= 11 is 1.70. The second-order valence-electron chi connectivity index (χ2n) is 7.06. The molecule has 1 saturated heterocycles. The van der Waals surface area contributed by atoms with Crippen LogP contribution in [0.3, 0.4) is 0 Å². The van der Waals surface area contributed by atoms with E-state index < -0.39 is 0 Å². The fourth-order valence-corrected chi connectivity index (χ4v) is 4.06. The van der Waals surface area contributed by atoms with Crippen molar-refractivity contribution in [3.8, 4) is 5.75 Å². The summed E-state index contributed by atoms with van der Waals surface area (Å²) in [6, 6.07) is 8.30. The molecule has 0 bridgehead atoms. The van der Waals surface area contributed by atoms with E-state index in [1.807, 2.05) is 13.0 Å². The maximum absolute atomic E-state index is 5.35. The molecule has 1 unspecified atom stereocenters. The third-order valence-electron chi connectivity index (χ3n) is 4.90. The van der Waals surface area contributed by atoms with E-state index in [2.05, 4.69) is 51.0 Å². The lowest BCUT2D eigenvalue weighted by atomic mass is 10.1. The molecule has 0 radical (unpaired) electrons. The number of anilines is 1. The molecule has 6 nitrogen and oxygen atoms in total. The summed E-state index contributed by atoms with van der Waals surface area (Å²) in [5.74, 6) is 2.38. The molecule has 0 amide bonds. The molecule has 0 aliphatic carbocycles. The van der Waals surface area contributed by atoms with E-state index in [1.54, 1.807) is 18.4 Å². The molecule has 2 N–H and O–H groups in total. The van der Waals surface area contributed by atoms with Crippen LogP contribution in [0.5, 0.6) is 5.75 Å². The normalized spacial score (nSPS) is 16.4. The van der Waals surface area contributed by atoms with Gasteiger partial charge < -0.3 is 20.3 Å². The lowest BCUT2D eigenvalue weighted by Crippen LogP contribution is -2.38. The third-order valence-corrected chi connectivity index (χ3v) is 5.72. The Hall–Kier alpha value is -1.55. The fraction of sp³-hybridized carbons (Fsp3) is 0.524. The number of aliphatic imine (C=N–C) groups is 1. The minimum absolute atomic E-state index is 0. The second kappa shape index (κ2) is 12.2. The first-order chi connectivity index (χ1) is 13.7. The van der Waals surface area contributed by atoms with Crippen molar-refractivity contribution in [1.82, 2.24) is 15.6 Å². The number of aromatic nitrogens is 1. The Morgan fingerprint density at radius 3 is 2.97 bits per heavy atom. The van der Waals surface area contributed by atoms with Crippen molar-refractivity contribution in [2.24, 2.45) is 10.9 Å². The van der Waals surface area contributed by atoms with Crippen molar-refractivity contribution >= 4 is 47.0 Å². The van der Waals surface area contributed by atoms with Gasteiger partial charge in [0.2, 0.25) is 0 Å². The minimum atomic E-state index is 0. The number of nitrogens with one attached hydrogen (secondary N) is 2. The maximum atomic E-state index is 5.35. The van der Waals surface area contributed by atoms with Crippen LogP contribution < -0.4 is 20.3 Å². The Balaban J connectivity index is 0.00000300. The van der Waals surface area contributed by atoms with Crippen LogP contribution in [0.25, 0.3) is 0 Å². The van der Waals surface area contributed by atoms with Crippen molar-refractivity contribution in [3.63, 3.8) is 0 Å². The van der Waals surface area contributed by atoms with Crippen LogP contribution in [0.15, 0.2) is 34.6 Å². The van der Waals surface area contributed by atoms with Crippen LogP contribution in [0, 0.1) is 12.8 Å². The molecule has 2 aromatic rings. The first-order valence-electron chi connectivity index (χ1n) is 10.00. The monoisotopic (exact) mass is 529 g/mol. The molecule has 2 heterocycles. The number of guanidine groups is 1. The number of halogens is 1. The van der Waals surface area contributed by atoms with Gasteiger partial charge >= 0.3 is 0 Å². The molecule has 1 fully saturated rings. The summed E-state index contributed by atoms with van der Waals surface area (Å²) in [5.41, 5.74) is 2.38. The smallest absolute Gasteiger partial charge is 0.191 e. The van der Waals surface area contributed by atoms with E-state index in [0.717, 1.165) is 68.0 Å². The summed E-state index contributed by atoms with van der Waals surface area (Å²) in [5, 5.41) is 10.0. The molecule has 0 saturated carbocycles. The first-order valence-corrected chi connectivity index (χ1v) is 10.9. The molecular weight excluding hydrogens is 497 g/mol. The van der Waals surface area contributed by atoms with Gasteiger partial charge in [-0.25, -0.2) is 4.98 Å². The van der Waals surface area contributed by atoms with Gasteiger partial charge in [0.05, 0.1) is 17.8 Å². The van der Waals surface area contributed by atoms with Gasteiger partial charge in [-0.3, -0.25) is 4.99 Å². The Labute approximate surface area is 195 Å². The van der Waals surface area contributed by atoms with Crippen molar-refractivity contribution in [2.45, 2.75) is 26.7 Å². The van der Waals surface area contributed by atoms with E-state index in [4.69, 9.17) is 9.73 Å². The molecule has 1 aliphatic heterocycles. The van der Waals surface area contributed by atoms with Crippen molar-refractivity contribution in [3.05, 3.63) is 40.3 Å². The van der Waals surface area contributed by atoms with Gasteiger partial charge in [-0.05, 0) is 38.3 Å². The number of ether oxygens (including phenoxy) is 1. The van der Waals surface area contributed by atoms with Crippen LogP contribution in [0.2, 0.25) is 0 Å².